The van der Waals surface area contributed by atoms with Crippen molar-refractivity contribution in [2.24, 2.45) is 5.92 Å². The van der Waals surface area contributed by atoms with Gasteiger partial charge in [0.1, 0.15) is 22.3 Å². The minimum Gasteiger partial charge on any atom is -0.396 e. The number of hydrogen-bond donors (Lipinski definition) is 1. The zero-order valence-electron chi connectivity index (χ0n) is 25.5. The van der Waals surface area contributed by atoms with Crippen molar-refractivity contribution in [3.63, 3.8) is 0 Å². The van der Waals surface area contributed by atoms with Gasteiger partial charge in [-0.15, -0.1) is 0 Å². The number of benzene rings is 1. The molecule has 9 nitrogen and oxygen atoms in total. The molecule has 46 heavy (non-hydrogen) atoms. The van der Waals surface area contributed by atoms with Gasteiger partial charge in [0.15, 0.2) is 17.5 Å². The molecule has 0 aliphatic carbocycles. The molecule has 0 saturated carbocycles. The van der Waals surface area contributed by atoms with E-state index in [1.54, 1.807) is 9.80 Å². The molecule has 5 rings (SSSR count). The van der Waals surface area contributed by atoms with Crippen LogP contribution in [0, 0.1) is 34.7 Å². The number of piperazine rings is 1. The Labute approximate surface area is 273 Å². The summed E-state index contributed by atoms with van der Waals surface area (Å²) in [5.41, 5.74) is 4.42. The Morgan fingerprint density at radius 2 is 1.83 bits per heavy atom. The minimum atomic E-state index is -1.66. The SMILES string of the molecule is C=CC(=O)N1CCN(c2c(C#N)c(=O)n(C3=C(C)C=CN(C)[C@@H]3C(C)C)c3nc(-c4c(N)c(F)c(F)c(Cl)c4F)c(Cl)cc23)CC1. The lowest BCUT2D eigenvalue weighted by atomic mass is 9.93. The van der Waals surface area contributed by atoms with Gasteiger partial charge < -0.3 is 20.4 Å². The molecule has 1 amide bonds. The van der Waals surface area contributed by atoms with Gasteiger partial charge in [0.2, 0.25) is 5.91 Å². The summed E-state index contributed by atoms with van der Waals surface area (Å²) in [6.45, 7) is 10.4. The molecule has 4 heterocycles. The predicted octanol–water partition coefficient (Wildman–Crippen LogP) is 5.79. The molecule has 2 N–H and O–H groups in total. The van der Waals surface area contributed by atoms with E-state index < -0.39 is 39.3 Å². The monoisotopic (exact) mass is 671 g/mol. The summed E-state index contributed by atoms with van der Waals surface area (Å²) in [7, 11) is 1.85. The standard InChI is InChI=1S/C32H30Cl2F3N7O2/c1-6-20(45)42-9-11-43(12-10-42)30-17-13-19(33)27(21-23(35)22(34)24(36)25(37)26(21)39)40-31(17)44(32(46)18(30)14-38)29-16(4)7-8-41(5)28(29)15(2)3/h6-8,13,15,28H,1,9-12,39H2,2-5H3/t28-/m1/s1. The summed E-state index contributed by atoms with van der Waals surface area (Å²) in [6.07, 6.45) is 4.89. The topological polar surface area (TPSA) is 111 Å². The summed E-state index contributed by atoms with van der Waals surface area (Å²) < 4.78 is 45.9. The Hall–Kier alpha value is -4.47. The number of carbonyl (C=O) groups is 1. The molecule has 2 aliphatic rings. The van der Waals surface area contributed by atoms with Crippen LogP contribution in [0.4, 0.5) is 24.5 Å². The van der Waals surface area contributed by atoms with Crippen LogP contribution in [-0.4, -0.2) is 64.5 Å². The second kappa shape index (κ2) is 12.4. The number of rotatable bonds is 5. The number of likely N-dealkylation sites (N-methyl/N-ethyl adjacent to an activating group) is 1. The first-order valence-corrected chi connectivity index (χ1v) is 15.1. The molecule has 240 valence electrons. The molecule has 1 fully saturated rings. The number of nitriles is 1. The third kappa shape index (κ3) is 5.17. The van der Waals surface area contributed by atoms with Crippen LogP contribution in [0.3, 0.4) is 0 Å². The van der Waals surface area contributed by atoms with E-state index in [1.807, 2.05) is 45.0 Å². The van der Waals surface area contributed by atoms with Gasteiger partial charge in [0.05, 0.1) is 39.4 Å². The number of fused-ring (bicyclic) bond motifs is 1. The Kier molecular flexibility index (Phi) is 8.86. The predicted molar refractivity (Wildman–Crippen MR) is 174 cm³/mol. The van der Waals surface area contributed by atoms with E-state index >= 15 is 4.39 Å². The average molecular weight is 673 g/mol. The Morgan fingerprint density at radius 1 is 1.17 bits per heavy atom. The van der Waals surface area contributed by atoms with Gasteiger partial charge in [-0.2, -0.15) is 5.26 Å². The van der Waals surface area contributed by atoms with Gasteiger partial charge >= 0.3 is 0 Å². The molecule has 3 aromatic rings. The number of amides is 1. The second-order valence-corrected chi connectivity index (χ2v) is 12.3. The number of nitrogens with zero attached hydrogens (tertiary/aromatic N) is 6. The fourth-order valence-corrected chi connectivity index (χ4v) is 6.61. The summed E-state index contributed by atoms with van der Waals surface area (Å²) in [4.78, 5) is 36.7. The highest BCUT2D eigenvalue weighted by Gasteiger charge is 2.34. The maximum absolute atomic E-state index is 15.5. The molecular weight excluding hydrogens is 642 g/mol. The summed E-state index contributed by atoms with van der Waals surface area (Å²) in [5.74, 6) is -4.92. The van der Waals surface area contributed by atoms with Crippen molar-refractivity contribution in [2.75, 3.05) is 43.9 Å². The highest BCUT2D eigenvalue weighted by molar-refractivity contribution is 6.34. The van der Waals surface area contributed by atoms with Crippen molar-refractivity contribution in [1.29, 1.82) is 5.26 Å². The van der Waals surface area contributed by atoms with Gasteiger partial charge in [-0.25, -0.2) is 18.2 Å². The first-order valence-electron chi connectivity index (χ1n) is 14.3. The summed E-state index contributed by atoms with van der Waals surface area (Å²) in [5, 5.41) is 9.33. The molecule has 0 unspecified atom stereocenters. The van der Waals surface area contributed by atoms with Gasteiger partial charge in [-0.3, -0.25) is 14.2 Å². The van der Waals surface area contributed by atoms with Crippen molar-refractivity contribution in [3.05, 3.63) is 80.0 Å². The molecule has 1 aromatic carbocycles. The minimum absolute atomic E-state index is 0.0219. The number of nitrogens with two attached hydrogens (primary N) is 1. The van der Waals surface area contributed by atoms with E-state index in [9.17, 15) is 23.6 Å². The van der Waals surface area contributed by atoms with Crippen molar-refractivity contribution in [2.45, 2.75) is 26.8 Å². The maximum Gasteiger partial charge on any atom is 0.276 e. The van der Waals surface area contributed by atoms with Crippen molar-refractivity contribution < 1.29 is 18.0 Å². The van der Waals surface area contributed by atoms with Crippen LogP contribution in [0.15, 0.2) is 41.4 Å². The number of hydrogen-bond acceptors (Lipinski definition) is 7. The van der Waals surface area contributed by atoms with E-state index in [-0.39, 0.29) is 77.0 Å². The van der Waals surface area contributed by atoms with Gasteiger partial charge in [-0.1, -0.05) is 43.6 Å². The third-order valence-corrected chi connectivity index (χ3v) is 8.99. The van der Waals surface area contributed by atoms with Crippen LogP contribution in [0.1, 0.15) is 26.3 Å². The van der Waals surface area contributed by atoms with Crippen LogP contribution >= 0.6 is 23.2 Å². The summed E-state index contributed by atoms with van der Waals surface area (Å²) >= 11 is 12.5. The van der Waals surface area contributed by atoms with Gasteiger partial charge in [0.25, 0.3) is 5.56 Å². The Morgan fingerprint density at radius 3 is 2.41 bits per heavy atom. The molecule has 14 heteroatoms. The second-order valence-electron chi connectivity index (χ2n) is 11.5. The lowest BCUT2D eigenvalue weighted by Crippen LogP contribution is -2.49. The number of allylic oxidation sites excluding steroid dienone is 2. The van der Waals surface area contributed by atoms with Crippen molar-refractivity contribution >= 4 is 57.2 Å². The van der Waals surface area contributed by atoms with E-state index in [1.165, 1.54) is 16.7 Å². The van der Waals surface area contributed by atoms with E-state index in [0.717, 1.165) is 0 Å². The lowest BCUT2D eigenvalue weighted by Gasteiger charge is -2.38. The normalized spacial score (nSPS) is 16.9. The van der Waals surface area contributed by atoms with Crippen LogP contribution in [0.2, 0.25) is 10.0 Å². The maximum atomic E-state index is 15.5. The quantitative estimate of drug-likeness (QED) is 0.158. The average Bonchev–Trinajstić information content (AvgIpc) is 3.03. The van der Waals surface area contributed by atoms with Crippen LogP contribution in [0.5, 0.6) is 0 Å². The van der Waals surface area contributed by atoms with Crippen molar-refractivity contribution in [3.8, 4) is 17.3 Å². The first kappa shape index (κ1) is 32.9. The van der Waals surface area contributed by atoms with Crippen LogP contribution in [-0.2, 0) is 4.79 Å². The number of pyridine rings is 2. The number of halogens is 5. The largest absolute Gasteiger partial charge is 0.396 e. The third-order valence-electron chi connectivity index (χ3n) is 8.37. The van der Waals surface area contributed by atoms with Crippen molar-refractivity contribution in [1.82, 2.24) is 19.4 Å². The first-order chi connectivity index (χ1) is 21.7. The zero-order valence-corrected chi connectivity index (χ0v) is 27.0. The van der Waals surface area contributed by atoms with E-state index in [0.29, 0.717) is 11.3 Å². The number of nitrogen functional groups attached to an aromatic ring is 1. The number of aromatic nitrogens is 2. The number of anilines is 2. The van der Waals surface area contributed by atoms with Crippen LogP contribution < -0.4 is 16.2 Å². The van der Waals surface area contributed by atoms with E-state index in [4.69, 9.17) is 28.9 Å². The molecule has 2 aliphatic heterocycles. The molecule has 1 atom stereocenters. The van der Waals surface area contributed by atoms with Crippen LogP contribution in [0.25, 0.3) is 28.0 Å². The number of carbonyl (C=O) groups excluding carboxylic acids is 1. The summed E-state index contributed by atoms with van der Waals surface area (Å²) in [6, 6.07) is 3.10. The molecule has 0 spiro atoms. The van der Waals surface area contributed by atoms with E-state index in [2.05, 4.69) is 17.6 Å². The Balaban J connectivity index is 1.91. The smallest absolute Gasteiger partial charge is 0.276 e. The highest BCUT2D eigenvalue weighted by atomic mass is 35.5. The molecule has 1 saturated heterocycles. The molecule has 0 bridgehead atoms. The lowest BCUT2D eigenvalue weighted by molar-refractivity contribution is -0.126. The Bertz CT molecular complexity index is 1950. The fraction of sp³-hybridized carbons (Fsp3) is 0.312. The highest BCUT2D eigenvalue weighted by Crippen LogP contribution is 2.43. The van der Waals surface area contributed by atoms with Gasteiger partial charge in [0, 0.05) is 38.6 Å². The molecular formula is C32H30Cl2F3N7O2. The molecule has 0 radical (unpaired) electrons. The molecule has 2 aromatic heterocycles. The fourth-order valence-electron chi connectivity index (χ4n) is 6.18. The van der Waals surface area contributed by atoms with Gasteiger partial charge in [-0.05, 0) is 42.8 Å². The zero-order chi connectivity index (χ0) is 33.8.